The molecular weight excluding hydrogens is 361 g/mol. The van der Waals surface area contributed by atoms with Crippen LogP contribution in [0, 0.1) is 23.6 Å². The normalized spacial score (nSPS) is 22.5. The largest absolute Gasteiger partial charge is 0.292 e. The zero-order valence-electron chi connectivity index (χ0n) is 17.7. The van der Waals surface area contributed by atoms with Gasteiger partial charge in [-0.1, -0.05) is 39.0 Å². The van der Waals surface area contributed by atoms with Crippen LogP contribution in [0.4, 0.5) is 4.39 Å². The Hall–Kier alpha value is -2.03. The van der Waals surface area contributed by atoms with E-state index in [1.807, 2.05) is 12.1 Å². The maximum Gasteiger partial charge on any atom is 0.184 e. The first-order valence-corrected chi connectivity index (χ1v) is 11.0. The van der Waals surface area contributed by atoms with E-state index >= 15 is 0 Å². The highest BCUT2D eigenvalue weighted by atomic mass is 19.1. The summed E-state index contributed by atoms with van der Waals surface area (Å²) in [5, 5.41) is 0. The van der Waals surface area contributed by atoms with Crippen molar-refractivity contribution in [2.75, 3.05) is 0 Å². The van der Waals surface area contributed by atoms with Gasteiger partial charge in [-0.2, -0.15) is 0 Å². The topological polar surface area (TPSA) is 30.0 Å². The molecule has 29 heavy (non-hydrogen) atoms. The first-order valence-electron chi connectivity index (χ1n) is 11.0. The van der Waals surface area contributed by atoms with E-state index < -0.39 is 0 Å². The van der Waals surface area contributed by atoms with Gasteiger partial charge < -0.3 is 0 Å². The number of hydrogen-bond acceptors (Lipinski definition) is 2. The van der Waals surface area contributed by atoms with E-state index in [9.17, 15) is 9.18 Å². The molecule has 0 atom stereocenters. The molecule has 2 fully saturated rings. The monoisotopic (exact) mass is 392 g/mol. The number of carbonyl (C=O) groups excluding carboxylic acids is 1. The molecule has 0 aliphatic heterocycles. The molecule has 0 amide bonds. The molecule has 1 radical (unpaired) electrons. The number of rotatable bonds is 5. The number of nitrogens with zero attached hydrogens (tertiary/aromatic N) is 1. The fourth-order valence-electron chi connectivity index (χ4n) is 4.55. The number of carbonyl (C=O) groups is 1. The number of hydrogen-bond donors (Lipinski definition) is 0. The zero-order chi connectivity index (χ0) is 20.6. The first kappa shape index (κ1) is 20.3. The van der Waals surface area contributed by atoms with Crippen LogP contribution in [-0.2, 0) is 0 Å². The quantitative estimate of drug-likeness (QED) is 0.521. The van der Waals surface area contributed by atoms with E-state index in [1.165, 1.54) is 30.5 Å². The van der Waals surface area contributed by atoms with Crippen molar-refractivity contribution in [3.8, 4) is 0 Å². The summed E-state index contributed by atoms with van der Waals surface area (Å²) >= 11 is 0. The Morgan fingerprint density at radius 1 is 0.931 bits per heavy atom. The van der Waals surface area contributed by atoms with Crippen LogP contribution in [0.5, 0.6) is 0 Å². The minimum atomic E-state index is -0.191. The van der Waals surface area contributed by atoms with E-state index in [-0.39, 0.29) is 22.9 Å². The van der Waals surface area contributed by atoms with Gasteiger partial charge in [-0.3, -0.25) is 4.79 Å². The van der Waals surface area contributed by atoms with Crippen molar-refractivity contribution >= 4 is 5.78 Å². The van der Waals surface area contributed by atoms with Crippen molar-refractivity contribution in [2.24, 2.45) is 11.3 Å². The zero-order valence-corrected chi connectivity index (χ0v) is 17.7. The lowest BCUT2D eigenvalue weighted by molar-refractivity contribution is 0.0877. The average Bonchev–Trinajstić information content (AvgIpc) is 3.52. The highest BCUT2D eigenvalue weighted by Gasteiger charge is 2.34. The SMILES string of the molecule is CC(C)(C)[CH]c1ccc(C2CC2)c(C(=O)C2CCC(c3ccc(F)cc3)CC2)n1. The van der Waals surface area contributed by atoms with Crippen LogP contribution in [-0.4, -0.2) is 10.8 Å². The number of ketones is 1. The van der Waals surface area contributed by atoms with Crippen molar-refractivity contribution in [1.82, 2.24) is 4.98 Å². The minimum Gasteiger partial charge on any atom is -0.292 e. The Morgan fingerprint density at radius 2 is 1.55 bits per heavy atom. The van der Waals surface area contributed by atoms with Crippen LogP contribution < -0.4 is 0 Å². The molecular formula is C26H31FNO. The van der Waals surface area contributed by atoms with Gasteiger partial charge >= 0.3 is 0 Å². The van der Waals surface area contributed by atoms with Crippen LogP contribution >= 0.6 is 0 Å². The summed E-state index contributed by atoms with van der Waals surface area (Å²) in [5.41, 5.74) is 4.00. The molecule has 0 unspecified atom stereocenters. The Morgan fingerprint density at radius 3 is 2.14 bits per heavy atom. The number of pyridine rings is 1. The van der Waals surface area contributed by atoms with E-state index in [0.717, 1.165) is 42.6 Å². The first-order chi connectivity index (χ1) is 13.8. The second-order valence-electron chi connectivity index (χ2n) is 9.92. The molecule has 1 aromatic heterocycles. The molecule has 2 saturated carbocycles. The number of benzene rings is 1. The Bertz CT molecular complexity index is 869. The summed E-state index contributed by atoms with van der Waals surface area (Å²) in [5.74, 6) is 1.04. The molecule has 0 N–H and O–H groups in total. The van der Waals surface area contributed by atoms with Gasteiger partial charge in [-0.05, 0) is 85.1 Å². The smallest absolute Gasteiger partial charge is 0.184 e. The van der Waals surface area contributed by atoms with E-state index in [2.05, 4.69) is 39.3 Å². The van der Waals surface area contributed by atoms with Crippen molar-refractivity contribution in [2.45, 2.75) is 71.1 Å². The van der Waals surface area contributed by atoms with Crippen molar-refractivity contribution in [3.05, 3.63) is 71.2 Å². The highest BCUT2D eigenvalue weighted by Crippen LogP contribution is 2.43. The molecule has 4 rings (SSSR count). The van der Waals surface area contributed by atoms with Crippen LogP contribution in [0.25, 0.3) is 0 Å². The maximum absolute atomic E-state index is 13.4. The molecule has 2 aromatic rings. The van der Waals surface area contributed by atoms with Crippen LogP contribution in [0.2, 0.25) is 0 Å². The highest BCUT2D eigenvalue weighted by molar-refractivity contribution is 5.97. The summed E-state index contributed by atoms with van der Waals surface area (Å²) in [6.45, 7) is 6.46. The summed E-state index contributed by atoms with van der Waals surface area (Å²) in [6.07, 6.45) is 8.22. The second-order valence-corrected chi connectivity index (χ2v) is 9.92. The fraction of sp³-hybridized carbons (Fsp3) is 0.500. The maximum atomic E-state index is 13.4. The number of aromatic nitrogens is 1. The van der Waals surface area contributed by atoms with Gasteiger partial charge in [0, 0.05) is 18.0 Å². The van der Waals surface area contributed by atoms with Crippen LogP contribution in [0.15, 0.2) is 36.4 Å². The van der Waals surface area contributed by atoms with E-state index in [0.29, 0.717) is 11.8 Å². The predicted octanol–water partition coefficient (Wildman–Crippen LogP) is 6.85. The molecule has 1 heterocycles. The molecule has 2 aliphatic rings. The molecule has 2 nitrogen and oxygen atoms in total. The van der Waals surface area contributed by atoms with Gasteiger partial charge in [0.25, 0.3) is 0 Å². The van der Waals surface area contributed by atoms with Gasteiger partial charge in [0.1, 0.15) is 11.5 Å². The van der Waals surface area contributed by atoms with Crippen LogP contribution in [0.1, 0.15) is 98.4 Å². The lowest BCUT2D eigenvalue weighted by atomic mass is 9.76. The third-order valence-electron chi connectivity index (χ3n) is 6.22. The van der Waals surface area contributed by atoms with Crippen LogP contribution in [0.3, 0.4) is 0 Å². The summed E-state index contributed by atoms with van der Waals surface area (Å²) < 4.78 is 13.2. The standard InChI is InChI=1S/C26H31FNO/c1-26(2,3)16-22-14-15-23(19-6-7-19)24(28-22)25(29)20-8-4-17(5-9-20)18-10-12-21(27)13-11-18/h10-17,19-20H,4-9H2,1-3H3. The second kappa shape index (κ2) is 8.01. The van der Waals surface area contributed by atoms with Crippen molar-refractivity contribution in [3.63, 3.8) is 0 Å². The van der Waals surface area contributed by atoms with Gasteiger partial charge in [0.15, 0.2) is 5.78 Å². The number of halogens is 1. The lowest BCUT2D eigenvalue weighted by Crippen LogP contribution is -2.24. The summed E-state index contributed by atoms with van der Waals surface area (Å²) in [6, 6.07) is 11.1. The summed E-state index contributed by atoms with van der Waals surface area (Å²) in [7, 11) is 0. The van der Waals surface area contributed by atoms with Gasteiger partial charge in [-0.15, -0.1) is 0 Å². The predicted molar refractivity (Wildman–Crippen MR) is 114 cm³/mol. The molecule has 0 bridgehead atoms. The molecule has 153 valence electrons. The Labute approximate surface area is 173 Å². The van der Waals surface area contributed by atoms with Crippen molar-refractivity contribution < 1.29 is 9.18 Å². The van der Waals surface area contributed by atoms with Crippen molar-refractivity contribution in [1.29, 1.82) is 0 Å². The average molecular weight is 393 g/mol. The van der Waals surface area contributed by atoms with Gasteiger partial charge in [0.05, 0.1) is 0 Å². The van der Waals surface area contributed by atoms with E-state index in [4.69, 9.17) is 4.98 Å². The Kier molecular flexibility index (Phi) is 5.59. The molecule has 1 aromatic carbocycles. The fourth-order valence-corrected chi connectivity index (χ4v) is 4.55. The van der Waals surface area contributed by atoms with E-state index in [1.54, 1.807) is 0 Å². The third-order valence-corrected chi connectivity index (χ3v) is 6.22. The third kappa shape index (κ3) is 4.94. The van der Waals surface area contributed by atoms with Gasteiger partial charge in [0.2, 0.25) is 0 Å². The molecule has 0 spiro atoms. The minimum absolute atomic E-state index is 0.0294. The number of Topliss-reactive ketones (excluding diaryl/α,β-unsaturated/α-hetero) is 1. The Balaban J connectivity index is 1.49. The summed E-state index contributed by atoms with van der Waals surface area (Å²) in [4.78, 5) is 18.3. The molecule has 0 saturated heterocycles. The van der Waals surface area contributed by atoms with Gasteiger partial charge in [-0.25, -0.2) is 9.37 Å². The lowest BCUT2D eigenvalue weighted by Gasteiger charge is -2.28. The molecule has 3 heteroatoms. The molecule has 2 aliphatic carbocycles.